The van der Waals surface area contributed by atoms with Crippen molar-refractivity contribution in [3.63, 3.8) is 0 Å². The van der Waals surface area contributed by atoms with Gasteiger partial charge in [-0.15, -0.1) is 0 Å². The first-order chi connectivity index (χ1) is 10.6. The number of amides is 1. The largest absolute Gasteiger partial charge is 0.480 e. The maximum atomic E-state index is 11.8. The van der Waals surface area contributed by atoms with Crippen LogP contribution in [0.15, 0.2) is 11.8 Å². The Morgan fingerprint density at radius 2 is 2.23 bits per heavy atom. The average molecular weight is 329 g/mol. The lowest BCUT2D eigenvalue weighted by molar-refractivity contribution is -0.139. The lowest BCUT2D eigenvalue weighted by Crippen LogP contribution is -2.35. The van der Waals surface area contributed by atoms with Gasteiger partial charge in [-0.3, -0.25) is 4.79 Å². The summed E-state index contributed by atoms with van der Waals surface area (Å²) < 4.78 is 5.13. The maximum absolute atomic E-state index is 11.8. The molecular weight excluding hydrogens is 306 g/mol. The number of hydrogen-bond donors (Lipinski definition) is 3. The number of carboxylic acids is 1. The molecule has 0 aromatic heterocycles. The minimum absolute atomic E-state index is 0.146. The zero-order valence-electron chi connectivity index (χ0n) is 12.9. The van der Waals surface area contributed by atoms with Gasteiger partial charge in [-0.1, -0.05) is 0 Å². The molecule has 0 aromatic carbocycles. The van der Waals surface area contributed by atoms with Gasteiger partial charge in [0.05, 0.1) is 0 Å². The molecule has 0 fully saturated rings. The van der Waals surface area contributed by atoms with E-state index < -0.39 is 17.9 Å². The summed E-state index contributed by atoms with van der Waals surface area (Å²) in [6, 6.07) is 0.943. The number of aliphatic carboxylic acids is 1. The van der Waals surface area contributed by atoms with Gasteiger partial charge in [-0.25, -0.2) is 4.79 Å². The van der Waals surface area contributed by atoms with Crippen molar-refractivity contribution in [3.05, 3.63) is 11.8 Å². The molecule has 0 aliphatic carbocycles. The van der Waals surface area contributed by atoms with Crippen molar-refractivity contribution in [1.82, 2.24) is 10.6 Å². The summed E-state index contributed by atoms with van der Waals surface area (Å²) >= 11 is 1.53. The standard InChI is InChI=1S/C14H23N3O4S/c1-3-21-7-4-6-16-13(18)11(9-15)10-17-12(14(19)20)5-8-22-2/h10,12,17H,3-8H2,1-2H3,(H,16,18)(H,19,20)/b11-10-. The van der Waals surface area contributed by atoms with E-state index in [1.54, 1.807) is 6.07 Å². The fourth-order valence-corrected chi connectivity index (χ4v) is 1.93. The summed E-state index contributed by atoms with van der Waals surface area (Å²) in [7, 11) is 0. The van der Waals surface area contributed by atoms with E-state index in [9.17, 15) is 9.59 Å². The molecule has 1 atom stereocenters. The van der Waals surface area contributed by atoms with Crippen molar-refractivity contribution >= 4 is 23.6 Å². The normalized spacial score (nSPS) is 12.3. The first-order valence-electron chi connectivity index (χ1n) is 7.00. The van der Waals surface area contributed by atoms with Crippen molar-refractivity contribution in [2.24, 2.45) is 0 Å². The molecule has 0 bridgehead atoms. The molecule has 0 saturated heterocycles. The fourth-order valence-electron chi connectivity index (χ4n) is 1.46. The number of carboxylic acid groups (broad SMARTS) is 1. The van der Waals surface area contributed by atoms with Crippen molar-refractivity contribution in [2.45, 2.75) is 25.8 Å². The molecule has 1 amide bonds. The Morgan fingerprint density at radius 3 is 2.77 bits per heavy atom. The smallest absolute Gasteiger partial charge is 0.326 e. The molecule has 0 heterocycles. The first kappa shape index (κ1) is 20.3. The third-order valence-electron chi connectivity index (χ3n) is 2.66. The highest BCUT2D eigenvalue weighted by Crippen LogP contribution is 2.02. The van der Waals surface area contributed by atoms with Gasteiger partial charge in [0, 0.05) is 26.0 Å². The first-order valence-corrected chi connectivity index (χ1v) is 8.40. The number of hydrogen-bond acceptors (Lipinski definition) is 6. The van der Waals surface area contributed by atoms with Crippen LogP contribution in [0, 0.1) is 11.3 Å². The van der Waals surface area contributed by atoms with Crippen LogP contribution in [0.1, 0.15) is 19.8 Å². The monoisotopic (exact) mass is 329 g/mol. The molecule has 7 nitrogen and oxygen atoms in total. The van der Waals surface area contributed by atoms with Gasteiger partial charge < -0.3 is 20.5 Å². The number of carbonyl (C=O) groups excluding carboxylic acids is 1. The second-order valence-corrected chi connectivity index (χ2v) is 5.30. The maximum Gasteiger partial charge on any atom is 0.326 e. The highest BCUT2D eigenvalue weighted by molar-refractivity contribution is 7.98. The summed E-state index contributed by atoms with van der Waals surface area (Å²) in [6.45, 7) is 3.44. The average Bonchev–Trinajstić information content (AvgIpc) is 2.50. The lowest BCUT2D eigenvalue weighted by atomic mass is 10.2. The zero-order chi connectivity index (χ0) is 16.8. The van der Waals surface area contributed by atoms with Gasteiger partial charge in [-0.05, 0) is 31.8 Å². The number of rotatable bonds is 12. The third kappa shape index (κ3) is 9.26. The number of nitriles is 1. The number of thioether (sulfide) groups is 1. The Kier molecular flexibility index (Phi) is 12.0. The van der Waals surface area contributed by atoms with Crippen molar-refractivity contribution < 1.29 is 19.4 Å². The number of ether oxygens (including phenoxy) is 1. The van der Waals surface area contributed by atoms with Crippen molar-refractivity contribution in [1.29, 1.82) is 5.26 Å². The Hall–Kier alpha value is -1.72. The van der Waals surface area contributed by atoms with E-state index in [1.165, 1.54) is 11.8 Å². The molecule has 0 radical (unpaired) electrons. The SMILES string of the molecule is CCOCCCNC(=O)/C(C#N)=C\NC(CCSC)C(=O)O. The predicted octanol–water partition coefficient (Wildman–Crippen LogP) is 0.733. The fraction of sp³-hybridized carbons (Fsp3) is 0.643. The van der Waals surface area contributed by atoms with Crippen LogP contribution >= 0.6 is 11.8 Å². The van der Waals surface area contributed by atoms with E-state index in [0.29, 0.717) is 38.4 Å². The number of nitrogens with zero attached hydrogens (tertiary/aromatic N) is 1. The van der Waals surface area contributed by atoms with Crippen LogP contribution in [0.5, 0.6) is 0 Å². The Balaban J connectivity index is 4.37. The van der Waals surface area contributed by atoms with Gasteiger partial charge in [0.2, 0.25) is 0 Å². The van der Waals surface area contributed by atoms with Crippen LogP contribution in [0.25, 0.3) is 0 Å². The van der Waals surface area contributed by atoms with Gasteiger partial charge in [0.1, 0.15) is 17.7 Å². The Bertz CT molecular complexity index is 421. The van der Waals surface area contributed by atoms with Crippen molar-refractivity contribution in [2.75, 3.05) is 31.8 Å². The third-order valence-corrected chi connectivity index (χ3v) is 3.30. The number of carbonyl (C=O) groups is 2. The van der Waals surface area contributed by atoms with E-state index in [-0.39, 0.29) is 5.57 Å². The van der Waals surface area contributed by atoms with E-state index in [1.807, 2.05) is 13.2 Å². The van der Waals surface area contributed by atoms with Gasteiger partial charge in [-0.2, -0.15) is 17.0 Å². The summed E-state index contributed by atoms with van der Waals surface area (Å²) in [5, 5.41) is 23.2. The zero-order valence-corrected chi connectivity index (χ0v) is 13.7. The van der Waals surface area contributed by atoms with Gasteiger partial charge in [0.15, 0.2) is 0 Å². The van der Waals surface area contributed by atoms with E-state index in [0.717, 1.165) is 6.20 Å². The molecule has 0 aliphatic heterocycles. The van der Waals surface area contributed by atoms with Crippen LogP contribution in [0.3, 0.4) is 0 Å². The van der Waals surface area contributed by atoms with Crippen LogP contribution in [0.2, 0.25) is 0 Å². The minimum atomic E-state index is -1.01. The quantitative estimate of drug-likeness (QED) is 0.275. The highest BCUT2D eigenvalue weighted by Gasteiger charge is 2.16. The summed E-state index contributed by atoms with van der Waals surface area (Å²) in [4.78, 5) is 22.8. The molecule has 1 unspecified atom stereocenters. The Morgan fingerprint density at radius 1 is 1.50 bits per heavy atom. The van der Waals surface area contributed by atoms with E-state index in [2.05, 4.69) is 10.6 Å². The molecule has 22 heavy (non-hydrogen) atoms. The molecule has 0 aliphatic rings. The number of nitrogens with one attached hydrogen (secondary N) is 2. The summed E-state index contributed by atoms with van der Waals surface area (Å²) in [5.74, 6) is -0.872. The van der Waals surface area contributed by atoms with Crippen LogP contribution in [-0.4, -0.2) is 54.8 Å². The lowest BCUT2D eigenvalue weighted by Gasteiger charge is -2.12. The van der Waals surface area contributed by atoms with E-state index in [4.69, 9.17) is 15.1 Å². The molecule has 0 rings (SSSR count). The topological polar surface area (TPSA) is 111 Å². The second kappa shape index (κ2) is 13.0. The molecular formula is C14H23N3O4S. The van der Waals surface area contributed by atoms with Gasteiger partial charge in [0.25, 0.3) is 5.91 Å². The molecule has 0 saturated carbocycles. The molecule has 8 heteroatoms. The summed E-state index contributed by atoms with van der Waals surface area (Å²) in [5.41, 5.74) is -0.146. The van der Waals surface area contributed by atoms with Crippen molar-refractivity contribution in [3.8, 4) is 6.07 Å². The Labute approximate surface area is 135 Å². The van der Waals surface area contributed by atoms with E-state index >= 15 is 0 Å². The summed E-state index contributed by atoms with van der Waals surface area (Å²) in [6.07, 6.45) is 4.10. The second-order valence-electron chi connectivity index (χ2n) is 4.32. The molecule has 124 valence electrons. The molecule has 3 N–H and O–H groups in total. The van der Waals surface area contributed by atoms with Crippen LogP contribution in [0.4, 0.5) is 0 Å². The molecule has 0 spiro atoms. The highest BCUT2D eigenvalue weighted by atomic mass is 32.2. The van der Waals surface area contributed by atoms with Gasteiger partial charge >= 0.3 is 5.97 Å². The van der Waals surface area contributed by atoms with Crippen LogP contribution < -0.4 is 10.6 Å². The minimum Gasteiger partial charge on any atom is -0.480 e. The molecule has 0 aromatic rings. The predicted molar refractivity (Wildman–Crippen MR) is 85.4 cm³/mol. The van der Waals surface area contributed by atoms with Crippen LogP contribution in [-0.2, 0) is 14.3 Å².